The van der Waals surface area contributed by atoms with E-state index in [-0.39, 0.29) is 0 Å². The summed E-state index contributed by atoms with van der Waals surface area (Å²) in [5, 5.41) is 6.41. The van der Waals surface area contributed by atoms with Crippen molar-refractivity contribution in [3.63, 3.8) is 0 Å². The van der Waals surface area contributed by atoms with Crippen LogP contribution in [0.3, 0.4) is 0 Å². The topological polar surface area (TPSA) is 33.3 Å². The van der Waals surface area contributed by atoms with Gasteiger partial charge in [0, 0.05) is 26.2 Å². The Morgan fingerprint density at radius 3 is 2.78 bits per heavy atom. The molecule has 1 fully saturated rings. The second kappa shape index (κ2) is 3.15. The largest absolute Gasteiger partial charge is 0.378 e. The third kappa shape index (κ3) is 1.41. The molecule has 0 aliphatic carbocycles. The molecule has 1 saturated heterocycles. The van der Waals surface area contributed by atoms with E-state index >= 15 is 0 Å². The second-order valence-corrected chi connectivity index (χ2v) is 2.33. The lowest BCUT2D eigenvalue weighted by atomic mass is 10.2. The quantitative estimate of drug-likeness (QED) is 0.513. The fraction of sp³-hybridized carbons (Fsp3) is 1.00. The Morgan fingerprint density at radius 2 is 2.33 bits per heavy atom. The minimum absolute atomic E-state index is 0.356. The van der Waals surface area contributed by atoms with E-state index in [1.807, 2.05) is 7.05 Å². The van der Waals surface area contributed by atoms with Crippen LogP contribution in [0.2, 0.25) is 0 Å². The molecule has 0 aromatic carbocycles. The third-order valence-electron chi connectivity index (χ3n) is 1.83. The van der Waals surface area contributed by atoms with E-state index in [2.05, 4.69) is 10.6 Å². The van der Waals surface area contributed by atoms with Gasteiger partial charge < -0.3 is 15.4 Å². The summed E-state index contributed by atoms with van der Waals surface area (Å²) in [5.74, 6) is 0. The Kier molecular flexibility index (Phi) is 2.45. The highest BCUT2D eigenvalue weighted by Crippen LogP contribution is 2.01. The van der Waals surface area contributed by atoms with Crippen LogP contribution in [0.25, 0.3) is 0 Å². The molecule has 1 aliphatic rings. The predicted octanol–water partition coefficient (Wildman–Crippen LogP) is -0.807. The summed E-state index contributed by atoms with van der Waals surface area (Å²) in [6.45, 7) is 2.00. The molecule has 9 heavy (non-hydrogen) atoms. The molecule has 2 N–H and O–H groups in total. The minimum Gasteiger partial charge on any atom is -0.378 e. The number of rotatable bonds is 2. The van der Waals surface area contributed by atoms with Crippen molar-refractivity contribution in [3.05, 3.63) is 0 Å². The molecule has 0 spiro atoms. The first-order valence-electron chi connectivity index (χ1n) is 3.29. The first kappa shape index (κ1) is 6.99. The molecule has 1 rings (SSSR count). The van der Waals surface area contributed by atoms with Crippen molar-refractivity contribution in [2.75, 3.05) is 27.2 Å². The minimum atomic E-state index is 0.356. The van der Waals surface area contributed by atoms with E-state index < -0.39 is 0 Å². The highest BCUT2D eigenvalue weighted by Gasteiger charge is 2.24. The summed E-state index contributed by atoms with van der Waals surface area (Å²) >= 11 is 0. The van der Waals surface area contributed by atoms with Crippen LogP contribution in [0.5, 0.6) is 0 Å². The number of methoxy groups -OCH3 is 1. The van der Waals surface area contributed by atoms with Gasteiger partial charge >= 0.3 is 0 Å². The molecule has 0 saturated carbocycles. The molecular weight excluding hydrogens is 116 g/mol. The normalized spacial score (nSPS) is 35.3. The van der Waals surface area contributed by atoms with Gasteiger partial charge in [-0.1, -0.05) is 0 Å². The summed E-state index contributed by atoms with van der Waals surface area (Å²) in [5.41, 5.74) is 0. The van der Waals surface area contributed by atoms with Gasteiger partial charge in [-0.3, -0.25) is 0 Å². The van der Waals surface area contributed by atoms with Crippen LogP contribution < -0.4 is 10.6 Å². The SMILES string of the molecule is CN[C@H]1CNC[C@@H]1OC. The Morgan fingerprint density at radius 1 is 1.56 bits per heavy atom. The van der Waals surface area contributed by atoms with Gasteiger partial charge in [0.05, 0.1) is 6.10 Å². The molecule has 1 heterocycles. The molecule has 3 nitrogen and oxygen atoms in total. The standard InChI is InChI=1S/C6H14N2O/c1-7-5-3-8-4-6(5)9-2/h5-8H,3-4H2,1-2H3/t5-,6-/m0/s1. The monoisotopic (exact) mass is 130 g/mol. The van der Waals surface area contributed by atoms with E-state index in [1.165, 1.54) is 0 Å². The maximum atomic E-state index is 5.19. The van der Waals surface area contributed by atoms with Crippen LogP contribution in [0.4, 0.5) is 0 Å². The maximum absolute atomic E-state index is 5.19. The zero-order valence-corrected chi connectivity index (χ0v) is 5.98. The van der Waals surface area contributed by atoms with Gasteiger partial charge in [-0.05, 0) is 7.05 Å². The van der Waals surface area contributed by atoms with E-state index in [9.17, 15) is 0 Å². The van der Waals surface area contributed by atoms with Gasteiger partial charge in [-0.2, -0.15) is 0 Å². The lowest BCUT2D eigenvalue weighted by Crippen LogP contribution is -2.37. The van der Waals surface area contributed by atoms with Gasteiger partial charge in [0.15, 0.2) is 0 Å². The van der Waals surface area contributed by atoms with Crippen LogP contribution in [0, 0.1) is 0 Å². The van der Waals surface area contributed by atoms with Gasteiger partial charge in [-0.25, -0.2) is 0 Å². The van der Waals surface area contributed by atoms with Gasteiger partial charge in [0.2, 0.25) is 0 Å². The van der Waals surface area contributed by atoms with Crippen LogP contribution in [0.15, 0.2) is 0 Å². The number of ether oxygens (including phenoxy) is 1. The van der Waals surface area contributed by atoms with Crippen molar-refractivity contribution in [1.82, 2.24) is 10.6 Å². The Balaban J connectivity index is 2.32. The average molecular weight is 130 g/mol. The zero-order chi connectivity index (χ0) is 6.69. The predicted molar refractivity (Wildman–Crippen MR) is 36.5 cm³/mol. The molecule has 0 radical (unpaired) electrons. The lowest BCUT2D eigenvalue weighted by molar-refractivity contribution is 0.0987. The summed E-state index contributed by atoms with van der Waals surface area (Å²) in [4.78, 5) is 0. The second-order valence-electron chi connectivity index (χ2n) is 2.33. The number of hydrogen-bond acceptors (Lipinski definition) is 3. The average Bonchev–Trinajstić information content (AvgIpc) is 2.33. The molecule has 0 aromatic heterocycles. The van der Waals surface area contributed by atoms with Gasteiger partial charge in [-0.15, -0.1) is 0 Å². The Hall–Kier alpha value is -0.120. The smallest absolute Gasteiger partial charge is 0.0860 e. The molecule has 1 aliphatic heterocycles. The number of nitrogens with one attached hydrogen (secondary N) is 2. The van der Waals surface area contributed by atoms with E-state index in [0.717, 1.165) is 13.1 Å². The fourth-order valence-corrected chi connectivity index (χ4v) is 1.19. The molecule has 0 aromatic rings. The third-order valence-corrected chi connectivity index (χ3v) is 1.83. The lowest BCUT2D eigenvalue weighted by Gasteiger charge is -2.14. The van der Waals surface area contributed by atoms with E-state index in [0.29, 0.717) is 12.1 Å². The van der Waals surface area contributed by atoms with Gasteiger partial charge in [0.1, 0.15) is 0 Å². The van der Waals surface area contributed by atoms with Crippen molar-refractivity contribution in [2.24, 2.45) is 0 Å². The van der Waals surface area contributed by atoms with Crippen LogP contribution in [0.1, 0.15) is 0 Å². The molecule has 2 atom stereocenters. The molecule has 54 valence electrons. The Bertz CT molecular complexity index is 77.1. The van der Waals surface area contributed by atoms with Crippen LogP contribution >= 0.6 is 0 Å². The highest BCUT2D eigenvalue weighted by molar-refractivity contribution is 4.86. The number of hydrogen-bond donors (Lipinski definition) is 2. The molecule has 3 heteroatoms. The highest BCUT2D eigenvalue weighted by atomic mass is 16.5. The first-order chi connectivity index (χ1) is 4.38. The molecule has 0 bridgehead atoms. The van der Waals surface area contributed by atoms with Gasteiger partial charge in [0.25, 0.3) is 0 Å². The molecule has 0 unspecified atom stereocenters. The summed E-state index contributed by atoms with van der Waals surface area (Å²) in [6.07, 6.45) is 0.356. The molecular formula is C6H14N2O. The summed E-state index contributed by atoms with van der Waals surface area (Å²) < 4.78 is 5.19. The van der Waals surface area contributed by atoms with Crippen molar-refractivity contribution >= 4 is 0 Å². The first-order valence-corrected chi connectivity index (χ1v) is 3.29. The zero-order valence-electron chi connectivity index (χ0n) is 5.98. The van der Waals surface area contributed by atoms with Crippen LogP contribution in [-0.4, -0.2) is 39.4 Å². The summed E-state index contributed by atoms with van der Waals surface area (Å²) in [6, 6.07) is 0.495. The van der Waals surface area contributed by atoms with Crippen LogP contribution in [-0.2, 0) is 4.74 Å². The van der Waals surface area contributed by atoms with E-state index in [1.54, 1.807) is 7.11 Å². The Labute approximate surface area is 55.8 Å². The summed E-state index contributed by atoms with van der Waals surface area (Å²) in [7, 11) is 3.71. The van der Waals surface area contributed by atoms with Crippen molar-refractivity contribution in [2.45, 2.75) is 12.1 Å². The number of likely N-dealkylation sites (N-methyl/N-ethyl adjacent to an activating group) is 1. The van der Waals surface area contributed by atoms with E-state index in [4.69, 9.17) is 4.74 Å². The maximum Gasteiger partial charge on any atom is 0.0860 e. The van der Waals surface area contributed by atoms with Crippen molar-refractivity contribution in [1.29, 1.82) is 0 Å². The fourth-order valence-electron chi connectivity index (χ4n) is 1.19. The molecule has 0 amide bonds. The van der Waals surface area contributed by atoms with Crippen molar-refractivity contribution < 1.29 is 4.74 Å². The van der Waals surface area contributed by atoms with Crippen molar-refractivity contribution in [3.8, 4) is 0 Å².